The van der Waals surface area contributed by atoms with E-state index in [1.54, 1.807) is 29.4 Å². The van der Waals surface area contributed by atoms with Crippen molar-refractivity contribution in [2.24, 2.45) is 0 Å². The predicted octanol–water partition coefficient (Wildman–Crippen LogP) is 1.72. The highest BCUT2D eigenvalue weighted by molar-refractivity contribution is 5.92. The van der Waals surface area contributed by atoms with E-state index in [1.165, 1.54) is 11.1 Å². The van der Waals surface area contributed by atoms with Gasteiger partial charge < -0.3 is 10.0 Å². The number of carbonyl (C=O) groups is 1. The summed E-state index contributed by atoms with van der Waals surface area (Å²) in [6.45, 7) is 2.72. The van der Waals surface area contributed by atoms with Crippen molar-refractivity contribution in [3.05, 3.63) is 71.6 Å². The zero-order valence-corrected chi connectivity index (χ0v) is 14.7. The molecule has 1 N–H and O–H groups in total. The maximum Gasteiger partial charge on any atom is 0.246 e. The van der Waals surface area contributed by atoms with Crippen LogP contribution in [0.15, 0.2) is 54.9 Å². The quantitative estimate of drug-likeness (QED) is 0.858. The van der Waals surface area contributed by atoms with Gasteiger partial charge in [0.25, 0.3) is 0 Å². The summed E-state index contributed by atoms with van der Waals surface area (Å²) in [7, 11) is 0. The fourth-order valence-electron chi connectivity index (χ4n) is 3.86. The minimum absolute atomic E-state index is 0.000835. The number of hydrogen-bond donors (Lipinski definition) is 1. The number of β-amino-alcohol motifs (C(OH)–C–C–N with tert-alkyl or cyclic N) is 1. The summed E-state index contributed by atoms with van der Waals surface area (Å²) in [4.78, 5) is 20.6. The van der Waals surface area contributed by atoms with E-state index in [0.29, 0.717) is 13.1 Å². The Morgan fingerprint density at radius 1 is 1.15 bits per heavy atom. The second kappa shape index (κ2) is 7.40. The van der Waals surface area contributed by atoms with Crippen molar-refractivity contribution in [3.8, 4) is 0 Å². The van der Waals surface area contributed by atoms with Crippen LogP contribution in [-0.2, 0) is 17.8 Å². The van der Waals surface area contributed by atoms with Crippen LogP contribution in [0.3, 0.4) is 0 Å². The van der Waals surface area contributed by atoms with Gasteiger partial charge in [0.1, 0.15) is 0 Å². The van der Waals surface area contributed by atoms with Gasteiger partial charge in [-0.25, -0.2) is 0 Å². The smallest absolute Gasteiger partial charge is 0.246 e. The number of nitrogens with zero attached hydrogens (tertiary/aromatic N) is 3. The number of pyridine rings is 1. The van der Waals surface area contributed by atoms with Gasteiger partial charge in [-0.1, -0.05) is 30.3 Å². The third kappa shape index (κ3) is 3.54. The number of carbonyl (C=O) groups excluding carboxylic acids is 1. The maximum absolute atomic E-state index is 12.5. The summed E-state index contributed by atoms with van der Waals surface area (Å²) < 4.78 is 0. The van der Waals surface area contributed by atoms with Gasteiger partial charge in [0.2, 0.25) is 5.91 Å². The van der Waals surface area contributed by atoms with Crippen LogP contribution in [0.1, 0.15) is 16.7 Å². The van der Waals surface area contributed by atoms with Gasteiger partial charge >= 0.3 is 0 Å². The first-order chi connectivity index (χ1) is 12.7. The lowest BCUT2D eigenvalue weighted by molar-refractivity contribution is -0.125. The Balaban J connectivity index is 1.40. The molecular weight excluding hydrogens is 326 g/mol. The Labute approximate surface area is 153 Å². The molecule has 1 amide bonds. The van der Waals surface area contributed by atoms with Crippen LogP contribution in [0.2, 0.25) is 0 Å². The number of fused-ring (bicyclic) bond motifs is 1. The Morgan fingerprint density at radius 2 is 2.00 bits per heavy atom. The molecule has 1 fully saturated rings. The molecule has 3 heterocycles. The molecule has 26 heavy (non-hydrogen) atoms. The van der Waals surface area contributed by atoms with Gasteiger partial charge in [0, 0.05) is 44.6 Å². The molecule has 0 saturated carbocycles. The molecule has 0 radical (unpaired) electrons. The molecule has 2 aromatic rings. The number of likely N-dealkylation sites (tertiary alicyclic amines) is 1. The fourth-order valence-corrected chi connectivity index (χ4v) is 3.86. The molecule has 0 bridgehead atoms. The van der Waals surface area contributed by atoms with Crippen LogP contribution in [0.5, 0.6) is 0 Å². The van der Waals surface area contributed by atoms with Crippen molar-refractivity contribution in [3.63, 3.8) is 0 Å². The van der Waals surface area contributed by atoms with E-state index in [1.807, 2.05) is 12.1 Å². The molecule has 0 aliphatic carbocycles. The molecule has 2 aliphatic rings. The first-order valence-corrected chi connectivity index (χ1v) is 9.06. The summed E-state index contributed by atoms with van der Waals surface area (Å²) in [5, 5.41) is 10.5. The van der Waals surface area contributed by atoms with Crippen molar-refractivity contribution in [2.45, 2.75) is 25.1 Å². The number of aliphatic hydroxyl groups is 1. The SMILES string of the molecule is O=C(/C=C/c1cccnc1)N1C[C@@H](O)[C@H](N2CCc3ccccc3C2)C1. The van der Waals surface area contributed by atoms with Crippen molar-refractivity contribution >= 4 is 12.0 Å². The standard InChI is InChI=1S/C21H23N3O2/c25-20-15-24(21(26)8-7-16-4-3-10-22-12-16)14-19(20)23-11-9-17-5-1-2-6-18(17)13-23/h1-8,10,12,19-20,25H,9,11,13-15H2/b8-7+/t19-,20-/m1/s1. The van der Waals surface area contributed by atoms with E-state index in [2.05, 4.69) is 34.1 Å². The third-order valence-electron chi connectivity index (χ3n) is 5.30. The van der Waals surface area contributed by atoms with E-state index in [4.69, 9.17) is 0 Å². The van der Waals surface area contributed by atoms with Gasteiger partial charge in [-0.3, -0.25) is 14.7 Å². The third-order valence-corrected chi connectivity index (χ3v) is 5.30. The molecule has 0 spiro atoms. The number of benzene rings is 1. The maximum atomic E-state index is 12.5. The molecule has 2 atom stereocenters. The zero-order chi connectivity index (χ0) is 17.9. The molecule has 2 aliphatic heterocycles. The van der Waals surface area contributed by atoms with Gasteiger partial charge in [-0.05, 0) is 35.3 Å². The normalized spacial score (nSPS) is 23.3. The highest BCUT2D eigenvalue weighted by Gasteiger charge is 2.37. The van der Waals surface area contributed by atoms with Crippen LogP contribution in [0.4, 0.5) is 0 Å². The molecule has 0 unspecified atom stereocenters. The van der Waals surface area contributed by atoms with E-state index < -0.39 is 6.10 Å². The summed E-state index contributed by atoms with van der Waals surface area (Å²) in [5.74, 6) is -0.0622. The highest BCUT2D eigenvalue weighted by Crippen LogP contribution is 2.25. The molecule has 1 saturated heterocycles. The van der Waals surface area contributed by atoms with Crippen LogP contribution in [0, 0.1) is 0 Å². The Morgan fingerprint density at radius 3 is 2.81 bits per heavy atom. The van der Waals surface area contributed by atoms with Gasteiger partial charge in [0.05, 0.1) is 12.1 Å². The number of amides is 1. The van der Waals surface area contributed by atoms with Crippen LogP contribution < -0.4 is 0 Å². The number of aromatic nitrogens is 1. The monoisotopic (exact) mass is 349 g/mol. The Bertz CT molecular complexity index is 806. The molecule has 1 aromatic carbocycles. The fraction of sp³-hybridized carbons (Fsp3) is 0.333. The first-order valence-electron chi connectivity index (χ1n) is 9.06. The molecule has 1 aromatic heterocycles. The Kier molecular flexibility index (Phi) is 4.82. The highest BCUT2D eigenvalue weighted by atomic mass is 16.3. The molecule has 5 nitrogen and oxygen atoms in total. The molecule has 4 rings (SSSR count). The number of aliphatic hydroxyl groups excluding tert-OH is 1. The summed E-state index contributed by atoms with van der Waals surface area (Å²) >= 11 is 0. The number of rotatable bonds is 3. The van der Waals surface area contributed by atoms with Gasteiger partial charge in [-0.2, -0.15) is 0 Å². The first kappa shape index (κ1) is 16.9. The second-order valence-corrected chi connectivity index (χ2v) is 6.99. The van der Waals surface area contributed by atoms with E-state index >= 15 is 0 Å². The van der Waals surface area contributed by atoms with E-state index in [-0.39, 0.29) is 11.9 Å². The summed E-state index contributed by atoms with van der Waals surface area (Å²) in [6, 6.07) is 12.2. The minimum Gasteiger partial charge on any atom is -0.390 e. The topological polar surface area (TPSA) is 56.7 Å². The zero-order valence-electron chi connectivity index (χ0n) is 14.7. The lowest BCUT2D eigenvalue weighted by Crippen LogP contribution is -2.45. The van der Waals surface area contributed by atoms with Crippen LogP contribution in [0.25, 0.3) is 6.08 Å². The summed E-state index contributed by atoms with van der Waals surface area (Å²) in [6.07, 6.45) is 7.25. The second-order valence-electron chi connectivity index (χ2n) is 6.99. The van der Waals surface area contributed by atoms with Crippen LogP contribution >= 0.6 is 0 Å². The van der Waals surface area contributed by atoms with Crippen molar-refractivity contribution in [1.29, 1.82) is 0 Å². The summed E-state index contributed by atoms with van der Waals surface area (Å²) in [5.41, 5.74) is 3.61. The van der Waals surface area contributed by atoms with Crippen LogP contribution in [-0.4, -0.2) is 57.6 Å². The van der Waals surface area contributed by atoms with Crippen molar-refractivity contribution in [2.75, 3.05) is 19.6 Å². The average molecular weight is 349 g/mol. The Hall–Kier alpha value is -2.50. The van der Waals surface area contributed by atoms with Crippen molar-refractivity contribution in [1.82, 2.24) is 14.8 Å². The van der Waals surface area contributed by atoms with Crippen molar-refractivity contribution < 1.29 is 9.90 Å². The average Bonchev–Trinajstić information content (AvgIpc) is 3.08. The van der Waals surface area contributed by atoms with Gasteiger partial charge in [-0.15, -0.1) is 0 Å². The molecule has 5 heteroatoms. The number of hydrogen-bond acceptors (Lipinski definition) is 4. The van der Waals surface area contributed by atoms with Gasteiger partial charge in [0.15, 0.2) is 0 Å². The lowest BCUT2D eigenvalue weighted by atomic mass is 9.98. The molecular formula is C21H23N3O2. The lowest BCUT2D eigenvalue weighted by Gasteiger charge is -2.34. The van der Waals surface area contributed by atoms with E-state index in [0.717, 1.165) is 25.1 Å². The molecule has 134 valence electrons. The minimum atomic E-state index is -0.504. The largest absolute Gasteiger partial charge is 0.390 e. The predicted molar refractivity (Wildman–Crippen MR) is 100 cm³/mol. The van der Waals surface area contributed by atoms with E-state index in [9.17, 15) is 9.90 Å².